The van der Waals surface area contributed by atoms with Crippen LogP contribution in [0.4, 0.5) is 0 Å². The number of phenols is 2. The van der Waals surface area contributed by atoms with Crippen LogP contribution in [-0.4, -0.2) is 10.2 Å². The summed E-state index contributed by atoms with van der Waals surface area (Å²) >= 11 is 0. The van der Waals surface area contributed by atoms with E-state index in [0.717, 1.165) is 12.0 Å². The summed E-state index contributed by atoms with van der Waals surface area (Å²) in [4.78, 5) is 0. The van der Waals surface area contributed by atoms with E-state index in [4.69, 9.17) is 0 Å². The van der Waals surface area contributed by atoms with Crippen molar-refractivity contribution in [3.8, 4) is 11.5 Å². The van der Waals surface area contributed by atoms with Crippen LogP contribution in [0, 0.1) is 0 Å². The number of hydrogen-bond donors (Lipinski definition) is 2. The first-order valence-electron chi connectivity index (χ1n) is 5.42. The molecule has 1 rings (SSSR count). The second kappa shape index (κ2) is 6.12. The van der Waals surface area contributed by atoms with Gasteiger partial charge in [-0.2, -0.15) is 0 Å². The molecule has 15 heavy (non-hydrogen) atoms. The van der Waals surface area contributed by atoms with E-state index < -0.39 is 0 Å². The van der Waals surface area contributed by atoms with Crippen molar-refractivity contribution >= 4 is 6.08 Å². The first-order chi connectivity index (χ1) is 7.22. The maximum atomic E-state index is 9.24. The van der Waals surface area contributed by atoms with Gasteiger partial charge in [0.1, 0.15) is 11.5 Å². The van der Waals surface area contributed by atoms with Gasteiger partial charge in [0.15, 0.2) is 0 Å². The van der Waals surface area contributed by atoms with Gasteiger partial charge < -0.3 is 10.2 Å². The van der Waals surface area contributed by atoms with Gasteiger partial charge >= 0.3 is 0 Å². The molecular weight excluding hydrogens is 188 g/mol. The largest absolute Gasteiger partial charge is 0.508 e. The van der Waals surface area contributed by atoms with E-state index in [9.17, 15) is 10.2 Å². The molecule has 0 amide bonds. The van der Waals surface area contributed by atoms with Crippen LogP contribution in [0.25, 0.3) is 6.08 Å². The molecule has 0 spiro atoms. The summed E-state index contributed by atoms with van der Waals surface area (Å²) in [5.74, 6) is 0.200. The fraction of sp³-hybridized carbons (Fsp3) is 0.385. The van der Waals surface area contributed by atoms with Gasteiger partial charge in [0.2, 0.25) is 0 Å². The highest BCUT2D eigenvalue weighted by Crippen LogP contribution is 2.21. The van der Waals surface area contributed by atoms with Gasteiger partial charge in [0.05, 0.1) is 0 Å². The molecule has 0 unspecified atom stereocenters. The number of phenolic OH excluding ortho intramolecular Hbond substituents is 2. The van der Waals surface area contributed by atoms with Crippen LogP contribution >= 0.6 is 0 Å². The predicted octanol–water partition coefficient (Wildman–Crippen LogP) is 3.69. The van der Waals surface area contributed by atoms with Gasteiger partial charge in [-0.25, -0.2) is 0 Å². The van der Waals surface area contributed by atoms with Gasteiger partial charge in [-0.3, -0.25) is 0 Å². The number of hydrogen-bond acceptors (Lipinski definition) is 2. The highest BCUT2D eigenvalue weighted by atomic mass is 16.3. The van der Waals surface area contributed by atoms with E-state index in [2.05, 4.69) is 13.0 Å². The minimum atomic E-state index is 0.100. The molecule has 0 aromatic heterocycles. The van der Waals surface area contributed by atoms with Crippen LogP contribution < -0.4 is 0 Å². The minimum absolute atomic E-state index is 0.100. The quantitative estimate of drug-likeness (QED) is 0.721. The van der Waals surface area contributed by atoms with Crippen LogP contribution in [0.1, 0.15) is 38.2 Å². The van der Waals surface area contributed by atoms with E-state index >= 15 is 0 Å². The van der Waals surface area contributed by atoms with Crippen LogP contribution in [0.2, 0.25) is 0 Å². The third-order valence-corrected chi connectivity index (χ3v) is 2.21. The summed E-state index contributed by atoms with van der Waals surface area (Å²) in [7, 11) is 0. The molecule has 0 saturated carbocycles. The van der Waals surface area contributed by atoms with E-state index in [1.54, 1.807) is 12.1 Å². The van der Waals surface area contributed by atoms with Crippen molar-refractivity contribution in [2.45, 2.75) is 32.6 Å². The van der Waals surface area contributed by atoms with E-state index in [1.807, 2.05) is 6.08 Å². The third-order valence-electron chi connectivity index (χ3n) is 2.21. The maximum Gasteiger partial charge on any atom is 0.119 e. The highest BCUT2D eigenvalue weighted by molar-refractivity contribution is 5.54. The molecule has 1 aromatic carbocycles. The summed E-state index contributed by atoms with van der Waals surface area (Å²) in [5, 5.41) is 18.5. The summed E-state index contributed by atoms with van der Waals surface area (Å²) in [6.07, 6.45) is 8.71. The molecule has 0 aliphatic rings. The number of rotatable bonds is 5. The fourth-order valence-corrected chi connectivity index (χ4v) is 1.45. The molecule has 1 aromatic rings. The monoisotopic (exact) mass is 206 g/mol. The Morgan fingerprint density at radius 2 is 1.73 bits per heavy atom. The molecule has 2 N–H and O–H groups in total. The Morgan fingerprint density at radius 1 is 1.07 bits per heavy atom. The minimum Gasteiger partial charge on any atom is -0.508 e. The van der Waals surface area contributed by atoms with Gasteiger partial charge in [0.25, 0.3) is 0 Å². The molecule has 2 heteroatoms. The lowest BCUT2D eigenvalue weighted by Crippen LogP contribution is -1.74. The Hall–Kier alpha value is -1.44. The van der Waals surface area contributed by atoms with Crippen molar-refractivity contribution in [2.75, 3.05) is 0 Å². The Bertz CT molecular complexity index is 309. The zero-order valence-electron chi connectivity index (χ0n) is 9.11. The van der Waals surface area contributed by atoms with Crippen molar-refractivity contribution in [3.05, 3.63) is 29.8 Å². The summed E-state index contributed by atoms with van der Waals surface area (Å²) in [6, 6.07) is 4.60. The topological polar surface area (TPSA) is 40.5 Å². The molecular formula is C13H18O2. The van der Waals surface area contributed by atoms with Crippen molar-refractivity contribution in [3.63, 3.8) is 0 Å². The standard InChI is InChI=1S/C13H18O2/c1-2-3-4-5-6-7-11-8-12(14)10-13(15)9-11/h6-10,14-15H,2-5H2,1H3. The van der Waals surface area contributed by atoms with Gasteiger partial charge in [-0.15, -0.1) is 0 Å². The Balaban J connectivity index is 2.49. The average molecular weight is 206 g/mol. The SMILES string of the molecule is CCCCCC=Cc1cc(O)cc(O)c1. The molecule has 0 radical (unpaired) electrons. The highest BCUT2D eigenvalue weighted by Gasteiger charge is 1.95. The summed E-state index contributed by atoms with van der Waals surface area (Å²) < 4.78 is 0. The molecule has 0 fully saturated rings. The van der Waals surface area contributed by atoms with Gasteiger partial charge in [-0.05, 0) is 30.5 Å². The van der Waals surface area contributed by atoms with Crippen molar-refractivity contribution < 1.29 is 10.2 Å². The lowest BCUT2D eigenvalue weighted by Gasteiger charge is -1.98. The Kier molecular flexibility index (Phi) is 4.75. The summed E-state index contributed by atoms with van der Waals surface area (Å²) in [6.45, 7) is 2.18. The lowest BCUT2D eigenvalue weighted by atomic mass is 10.1. The van der Waals surface area contributed by atoms with Crippen LogP contribution in [0.3, 0.4) is 0 Å². The molecule has 82 valence electrons. The van der Waals surface area contributed by atoms with E-state index in [-0.39, 0.29) is 11.5 Å². The molecule has 2 nitrogen and oxygen atoms in total. The van der Waals surface area contributed by atoms with E-state index in [1.165, 1.54) is 25.3 Å². The Morgan fingerprint density at radius 3 is 2.33 bits per heavy atom. The molecule has 0 bridgehead atoms. The number of aromatic hydroxyl groups is 2. The zero-order chi connectivity index (χ0) is 11.1. The lowest BCUT2D eigenvalue weighted by molar-refractivity contribution is 0.450. The fourth-order valence-electron chi connectivity index (χ4n) is 1.45. The number of allylic oxidation sites excluding steroid dienone is 1. The molecule has 0 atom stereocenters. The maximum absolute atomic E-state index is 9.24. The predicted molar refractivity (Wildman–Crippen MR) is 62.9 cm³/mol. The molecule has 0 saturated heterocycles. The van der Waals surface area contributed by atoms with E-state index in [0.29, 0.717) is 0 Å². The smallest absolute Gasteiger partial charge is 0.119 e. The van der Waals surface area contributed by atoms with Gasteiger partial charge in [0, 0.05) is 6.07 Å². The number of unbranched alkanes of at least 4 members (excludes halogenated alkanes) is 3. The third kappa shape index (κ3) is 4.54. The van der Waals surface area contributed by atoms with Crippen LogP contribution in [-0.2, 0) is 0 Å². The van der Waals surface area contributed by atoms with Crippen molar-refractivity contribution in [1.29, 1.82) is 0 Å². The Labute approximate surface area is 90.9 Å². The van der Waals surface area contributed by atoms with Gasteiger partial charge in [-0.1, -0.05) is 31.9 Å². The first-order valence-corrected chi connectivity index (χ1v) is 5.42. The molecule has 0 aliphatic heterocycles. The second-order valence-electron chi connectivity index (χ2n) is 3.68. The second-order valence-corrected chi connectivity index (χ2v) is 3.68. The van der Waals surface area contributed by atoms with Crippen LogP contribution in [0.15, 0.2) is 24.3 Å². The molecule has 0 heterocycles. The first kappa shape index (κ1) is 11.6. The zero-order valence-corrected chi connectivity index (χ0v) is 9.11. The summed E-state index contributed by atoms with van der Waals surface area (Å²) in [5.41, 5.74) is 0.837. The van der Waals surface area contributed by atoms with Crippen molar-refractivity contribution in [2.24, 2.45) is 0 Å². The normalized spacial score (nSPS) is 11.0. The number of benzene rings is 1. The molecule has 0 aliphatic carbocycles. The van der Waals surface area contributed by atoms with Crippen LogP contribution in [0.5, 0.6) is 11.5 Å². The average Bonchev–Trinajstić information content (AvgIpc) is 2.16. The van der Waals surface area contributed by atoms with Crippen molar-refractivity contribution in [1.82, 2.24) is 0 Å².